The molecule has 3 nitrogen and oxygen atoms in total. The van der Waals surface area contributed by atoms with Crippen molar-refractivity contribution in [3.8, 4) is 0 Å². The van der Waals surface area contributed by atoms with Crippen LogP contribution in [0.5, 0.6) is 0 Å². The quantitative estimate of drug-likeness (QED) is 0.732. The maximum atomic E-state index is 10.8. The Bertz CT molecular complexity index is 510. The Balaban J connectivity index is 2.87. The molecule has 0 fully saturated rings. The maximum Gasteiger partial charge on any atom is 0.355 e. The second-order valence-electron chi connectivity index (χ2n) is 2.82. The molecule has 0 bridgehead atoms. The van der Waals surface area contributed by atoms with E-state index in [1.54, 1.807) is 24.3 Å². The van der Waals surface area contributed by atoms with Gasteiger partial charge in [0.15, 0.2) is 5.69 Å². The van der Waals surface area contributed by atoms with Gasteiger partial charge < -0.3 is 5.11 Å². The summed E-state index contributed by atoms with van der Waals surface area (Å²) in [7, 11) is 0. The highest BCUT2D eigenvalue weighted by atomic mass is 35.5. The van der Waals surface area contributed by atoms with Gasteiger partial charge in [-0.3, -0.25) is 0 Å². The van der Waals surface area contributed by atoms with E-state index >= 15 is 0 Å². The topological polar surface area (TPSA) is 50.2 Å². The van der Waals surface area contributed by atoms with Gasteiger partial charge in [0.1, 0.15) is 5.15 Å². The lowest BCUT2D eigenvalue weighted by Gasteiger charge is -2.01. The molecule has 0 aliphatic carbocycles. The third kappa shape index (κ3) is 1.42. The van der Waals surface area contributed by atoms with Crippen LogP contribution < -0.4 is 0 Å². The number of benzene rings is 1. The van der Waals surface area contributed by atoms with Crippen LogP contribution in [0, 0.1) is 0 Å². The van der Waals surface area contributed by atoms with Gasteiger partial charge in [-0.05, 0) is 11.5 Å². The Morgan fingerprint density at radius 1 is 1.36 bits per heavy atom. The number of carboxylic acids is 1. The van der Waals surface area contributed by atoms with Crippen molar-refractivity contribution in [2.75, 3.05) is 0 Å². The van der Waals surface area contributed by atoms with Gasteiger partial charge in [-0.2, -0.15) is 0 Å². The first-order valence-electron chi connectivity index (χ1n) is 3.97. The molecule has 0 saturated heterocycles. The van der Waals surface area contributed by atoms with Crippen molar-refractivity contribution in [3.63, 3.8) is 0 Å². The SMILES string of the molecule is O=C(O)c1nc(Cl)cc2ccccc12. The molecule has 14 heavy (non-hydrogen) atoms. The molecule has 0 unspecified atom stereocenters. The standard InChI is InChI=1S/C10H6ClNO2/c11-8-5-6-3-1-2-4-7(6)9(12-8)10(13)14/h1-5H,(H,13,14). The molecule has 0 saturated carbocycles. The minimum atomic E-state index is -1.07. The Hall–Kier alpha value is -1.61. The van der Waals surface area contributed by atoms with E-state index in [9.17, 15) is 4.79 Å². The molecule has 2 aromatic rings. The summed E-state index contributed by atoms with van der Waals surface area (Å²) in [4.78, 5) is 14.6. The van der Waals surface area contributed by atoms with E-state index in [-0.39, 0.29) is 10.8 Å². The highest BCUT2D eigenvalue weighted by molar-refractivity contribution is 6.30. The Morgan fingerprint density at radius 3 is 2.79 bits per heavy atom. The maximum absolute atomic E-state index is 10.8. The molecule has 0 radical (unpaired) electrons. The van der Waals surface area contributed by atoms with Crippen molar-refractivity contribution in [3.05, 3.63) is 41.2 Å². The average molecular weight is 208 g/mol. The van der Waals surface area contributed by atoms with Gasteiger partial charge in [0, 0.05) is 5.39 Å². The molecule has 2 rings (SSSR count). The van der Waals surface area contributed by atoms with Crippen LogP contribution in [0.15, 0.2) is 30.3 Å². The van der Waals surface area contributed by atoms with Crippen LogP contribution in [0.25, 0.3) is 10.8 Å². The highest BCUT2D eigenvalue weighted by Crippen LogP contribution is 2.20. The third-order valence-electron chi connectivity index (χ3n) is 1.91. The second-order valence-corrected chi connectivity index (χ2v) is 3.21. The van der Waals surface area contributed by atoms with Gasteiger partial charge in [-0.15, -0.1) is 0 Å². The lowest BCUT2D eigenvalue weighted by atomic mass is 10.1. The van der Waals surface area contributed by atoms with Gasteiger partial charge in [0.05, 0.1) is 0 Å². The minimum absolute atomic E-state index is 0.00639. The average Bonchev–Trinajstić information content (AvgIpc) is 2.16. The first-order valence-corrected chi connectivity index (χ1v) is 4.35. The molecule has 1 N–H and O–H groups in total. The first-order chi connectivity index (χ1) is 6.68. The van der Waals surface area contributed by atoms with Crippen molar-refractivity contribution in [2.45, 2.75) is 0 Å². The summed E-state index contributed by atoms with van der Waals surface area (Å²) in [5.74, 6) is -1.07. The zero-order valence-electron chi connectivity index (χ0n) is 7.07. The summed E-state index contributed by atoms with van der Waals surface area (Å²) in [6.07, 6.45) is 0. The predicted octanol–water partition coefficient (Wildman–Crippen LogP) is 2.59. The molecule has 4 heteroatoms. The van der Waals surface area contributed by atoms with Crippen molar-refractivity contribution in [2.24, 2.45) is 0 Å². The third-order valence-corrected chi connectivity index (χ3v) is 2.11. The summed E-state index contributed by atoms with van der Waals surface area (Å²) < 4.78 is 0. The van der Waals surface area contributed by atoms with E-state index in [2.05, 4.69) is 4.98 Å². The first kappa shape index (κ1) is 8.97. The molecule has 0 amide bonds. The van der Waals surface area contributed by atoms with Gasteiger partial charge in [0.25, 0.3) is 0 Å². The molecule has 0 aliphatic rings. The molecule has 1 aromatic carbocycles. The van der Waals surface area contributed by atoms with E-state index in [0.29, 0.717) is 5.39 Å². The zero-order chi connectivity index (χ0) is 10.1. The number of carbonyl (C=O) groups is 1. The van der Waals surface area contributed by atoms with Crippen LogP contribution in [-0.2, 0) is 0 Å². The van der Waals surface area contributed by atoms with Crippen LogP contribution >= 0.6 is 11.6 Å². The molecular formula is C10H6ClNO2. The number of fused-ring (bicyclic) bond motifs is 1. The van der Waals surface area contributed by atoms with E-state index < -0.39 is 5.97 Å². The molecular weight excluding hydrogens is 202 g/mol. The van der Waals surface area contributed by atoms with Crippen LogP contribution in [0.1, 0.15) is 10.5 Å². The van der Waals surface area contributed by atoms with Crippen molar-refractivity contribution in [1.29, 1.82) is 0 Å². The number of carboxylic acid groups (broad SMARTS) is 1. The summed E-state index contributed by atoms with van der Waals surface area (Å²) >= 11 is 5.69. The molecule has 1 heterocycles. The lowest BCUT2D eigenvalue weighted by molar-refractivity contribution is 0.0693. The van der Waals surface area contributed by atoms with E-state index in [1.165, 1.54) is 0 Å². The largest absolute Gasteiger partial charge is 0.476 e. The number of aromatic carboxylic acids is 1. The summed E-state index contributed by atoms with van der Waals surface area (Å²) in [6, 6.07) is 8.75. The molecule has 70 valence electrons. The van der Waals surface area contributed by atoms with Crippen LogP contribution in [0.4, 0.5) is 0 Å². The predicted molar refractivity (Wildman–Crippen MR) is 53.7 cm³/mol. The van der Waals surface area contributed by atoms with Crippen LogP contribution in [0.3, 0.4) is 0 Å². The fourth-order valence-electron chi connectivity index (χ4n) is 1.33. The molecule has 1 aromatic heterocycles. The zero-order valence-corrected chi connectivity index (χ0v) is 7.82. The number of hydrogen-bond acceptors (Lipinski definition) is 2. The smallest absolute Gasteiger partial charge is 0.355 e. The highest BCUT2D eigenvalue weighted by Gasteiger charge is 2.10. The van der Waals surface area contributed by atoms with Crippen LogP contribution in [0.2, 0.25) is 5.15 Å². The molecule has 0 aliphatic heterocycles. The Labute approximate surface area is 85.0 Å². The number of rotatable bonds is 1. The Kier molecular flexibility index (Phi) is 2.09. The number of pyridine rings is 1. The van der Waals surface area contributed by atoms with Gasteiger partial charge in [0.2, 0.25) is 0 Å². The van der Waals surface area contributed by atoms with Crippen molar-refractivity contribution < 1.29 is 9.90 Å². The van der Waals surface area contributed by atoms with E-state index in [0.717, 1.165) is 5.39 Å². The fraction of sp³-hybridized carbons (Fsp3) is 0. The summed E-state index contributed by atoms with van der Waals surface area (Å²) in [6.45, 7) is 0. The summed E-state index contributed by atoms with van der Waals surface area (Å²) in [5.41, 5.74) is -0.00639. The van der Waals surface area contributed by atoms with Crippen molar-refractivity contribution in [1.82, 2.24) is 4.98 Å². The number of aromatic nitrogens is 1. The normalized spacial score (nSPS) is 10.4. The monoisotopic (exact) mass is 207 g/mol. The fourth-order valence-corrected chi connectivity index (χ4v) is 1.53. The van der Waals surface area contributed by atoms with Crippen LogP contribution in [-0.4, -0.2) is 16.1 Å². The lowest BCUT2D eigenvalue weighted by Crippen LogP contribution is -2.01. The van der Waals surface area contributed by atoms with Gasteiger partial charge in [-0.25, -0.2) is 9.78 Å². The number of hydrogen-bond donors (Lipinski definition) is 1. The van der Waals surface area contributed by atoms with E-state index in [1.807, 2.05) is 6.07 Å². The number of halogens is 1. The molecule has 0 spiro atoms. The van der Waals surface area contributed by atoms with Gasteiger partial charge in [-0.1, -0.05) is 35.9 Å². The number of nitrogens with zero attached hydrogens (tertiary/aromatic N) is 1. The van der Waals surface area contributed by atoms with Crippen molar-refractivity contribution >= 4 is 28.3 Å². The van der Waals surface area contributed by atoms with Gasteiger partial charge >= 0.3 is 5.97 Å². The molecule has 0 atom stereocenters. The second kappa shape index (κ2) is 3.27. The summed E-state index contributed by atoms with van der Waals surface area (Å²) in [5, 5.41) is 10.5. The minimum Gasteiger partial charge on any atom is -0.476 e. The Morgan fingerprint density at radius 2 is 2.07 bits per heavy atom. The van der Waals surface area contributed by atoms with E-state index in [4.69, 9.17) is 16.7 Å².